The topological polar surface area (TPSA) is 125 Å². The van der Waals surface area contributed by atoms with Crippen molar-refractivity contribution in [2.24, 2.45) is 11.7 Å². The normalized spacial score (nSPS) is 12.6. The Morgan fingerprint density at radius 3 is 2.14 bits per heavy atom. The zero-order valence-corrected chi connectivity index (χ0v) is 15.5. The van der Waals surface area contributed by atoms with Gasteiger partial charge in [0.2, 0.25) is 11.8 Å². The fourth-order valence-corrected chi connectivity index (χ4v) is 2.44. The number of carbonyl (C=O) groups is 4. The fraction of sp³-hybridized carbons (Fsp3) is 0.444. The summed E-state index contributed by atoms with van der Waals surface area (Å²) >= 11 is 0. The summed E-state index contributed by atoms with van der Waals surface area (Å²) < 4.78 is 37.0. The number of ether oxygens (including phenoxy) is 2. The van der Waals surface area contributed by atoms with Gasteiger partial charge in [-0.15, -0.1) is 0 Å². The number of halogens is 2. The van der Waals surface area contributed by atoms with Gasteiger partial charge in [-0.1, -0.05) is 6.07 Å². The van der Waals surface area contributed by atoms with E-state index in [2.05, 4.69) is 5.32 Å². The summed E-state index contributed by atoms with van der Waals surface area (Å²) in [5, 5.41) is 2.15. The number of esters is 2. The van der Waals surface area contributed by atoms with E-state index in [1.54, 1.807) is 6.92 Å². The number of carbonyl (C=O) groups excluding carboxylic acids is 4. The highest BCUT2D eigenvalue weighted by Gasteiger charge is 2.37. The molecule has 0 heterocycles. The van der Waals surface area contributed by atoms with Crippen molar-refractivity contribution in [1.29, 1.82) is 0 Å². The van der Waals surface area contributed by atoms with E-state index in [-0.39, 0.29) is 13.2 Å². The molecule has 3 N–H and O–H groups in total. The van der Waals surface area contributed by atoms with E-state index in [0.717, 1.165) is 18.2 Å². The number of hydrogen-bond donors (Lipinski definition) is 2. The van der Waals surface area contributed by atoms with Crippen LogP contribution in [0, 0.1) is 17.6 Å². The van der Waals surface area contributed by atoms with E-state index in [9.17, 15) is 28.0 Å². The molecule has 1 rings (SSSR count). The molecule has 0 radical (unpaired) electrons. The minimum absolute atomic E-state index is 0.0362. The van der Waals surface area contributed by atoms with Crippen LogP contribution in [0.1, 0.15) is 25.8 Å². The van der Waals surface area contributed by atoms with E-state index in [0.29, 0.717) is 0 Å². The van der Waals surface area contributed by atoms with Crippen LogP contribution < -0.4 is 11.1 Å². The molecule has 0 aromatic heterocycles. The first-order valence-electron chi connectivity index (χ1n) is 8.55. The van der Waals surface area contributed by atoms with E-state index < -0.39 is 65.8 Å². The lowest BCUT2D eigenvalue weighted by Crippen LogP contribution is -2.52. The number of rotatable bonds is 10. The average molecular weight is 400 g/mol. The van der Waals surface area contributed by atoms with E-state index in [1.165, 1.54) is 6.92 Å². The summed E-state index contributed by atoms with van der Waals surface area (Å²) in [5.41, 5.74) is 4.75. The van der Waals surface area contributed by atoms with Crippen molar-refractivity contribution in [3.05, 3.63) is 35.4 Å². The zero-order chi connectivity index (χ0) is 21.3. The fourth-order valence-electron chi connectivity index (χ4n) is 2.44. The van der Waals surface area contributed by atoms with Crippen molar-refractivity contribution in [3.63, 3.8) is 0 Å². The van der Waals surface area contributed by atoms with Crippen LogP contribution in [0.3, 0.4) is 0 Å². The highest BCUT2D eigenvalue weighted by atomic mass is 19.1. The molecule has 0 aliphatic carbocycles. The van der Waals surface area contributed by atoms with Crippen molar-refractivity contribution in [3.8, 4) is 0 Å². The molecule has 0 unspecified atom stereocenters. The Balaban J connectivity index is 3.02. The number of amides is 2. The molecule has 10 heteroatoms. The van der Waals surface area contributed by atoms with Crippen LogP contribution in [0.25, 0.3) is 0 Å². The van der Waals surface area contributed by atoms with Gasteiger partial charge < -0.3 is 20.5 Å². The first kappa shape index (κ1) is 23.0. The Hall–Kier alpha value is -3.04. The minimum Gasteiger partial charge on any atom is -0.466 e. The van der Waals surface area contributed by atoms with Crippen molar-refractivity contribution >= 4 is 23.8 Å². The van der Waals surface area contributed by atoms with E-state index in [4.69, 9.17) is 15.2 Å². The molecule has 8 nitrogen and oxygen atoms in total. The first-order valence-corrected chi connectivity index (χ1v) is 8.55. The molecular formula is C18H22F2N2O6. The molecular weight excluding hydrogens is 378 g/mol. The van der Waals surface area contributed by atoms with Crippen LogP contribution in [0.15, 0.2) is 18.2 Å². The molecule has 0 saturated carbocycles. The molecule has 0 aliphatic heterocycles. The largest absolute Gasteiger partial charge is 0.466 e. The van der Waals surface area contributed by atoms with Gasteiger partial charge in [-0.25, -0.2) is 8.78 Å². The average Bonchev–Trinajstić information content (AvgIpc) is 2.61. The summed E-state index contributed by atoms with van der Waals surface area (Å²) in [6.07, 6.45) is -1.31. The Morgan fingerprint density at radius 1 is 1.07 bits per heavy atom. The number of benzene rings is 1. The lowest BCUT2D eigenvalue weighted by atomic mass is 9.95. The van der Waals surface area contributed by atoms with Gasteiger partial charge in [-0.05, 0) is 26.0 Å². The predicted molar refractivity (Wildman–Crippen MR) is 92.6 cm³/mol. The van der Waals surface area contributed by atoms with Crippen molar-refractivity contribution in [2.45, 2.75) is 32.7 Å². The maximum Gasteiger partial charge on any atom is 0.312 e. The van der Waals surface area contributed by atoms with Gasteiger partial charge in [-0.3, -0.25) is 19.2 Å². The molecule has 0 bridgehead atoms. The zero-order valence-electron chi connectivity index (χ0n) is 15.5. The third-order valence-corrected chi connectivity index (χ3v) is 3.71. The van der Waals surface area contributed by atoms with Crippen molar-refractivity contribution in [1.82, 2.24) is 5.32 Å². The van der Waals surface area contributed by atoms with Gasteiger partial charge >= 0.3 is 11.9 Å². The molecule has 0 aliphatic rings. The predicted octanol–water partition coefficient (Wildman–Crippen LogP) is 0.610. The molecule has 0 fully saturated rings. The second-order valence-corrected chi connectivity index (χ2v) is 5.69. The van der Waals surface area contributed by atoms with E-state index in [1.807, 2.05) is 0 Å². The highest BCUT2D eigenvalue weighted by molar-refractivity contribution is 5.93. The lowest BCUT2D eigenvalue weighted by molar-refractivity contribution is -0.157. The Labute approximate surface area is 160 Å². The van der Waals surface area contributed by atoms with Crippen LogP contribution in [0.5, 0.6) is 0 Å². The molecule has 154 valence electrons. The molecule has 1 aromatic carbocycles. The maximum atomic E-state index is 13.7. The van der Waals surface area contributed by atoms with E-state index >= 15 is 0 Å². The molecule has 2 atom stereocenters. The Bertz CT molecular complexity index is 721. The quantitative estimate of drug-likeness (QED) is 0.555. The smallest absolute Gasteiger partial charge is 0.312 e. The van der Waals surface area contributed by atoms with Gasteiger partial charge in [0.15, 0.2) is 0 Å². The van der Waals surface area contributed by atoms with Crippen LogP contribution in [0.2, 0.25) is 0 Å². The van der Waals surface area contributed by atoms with Crippen molar-refractivity contribution in [2.75, 3.05) is 13.2 Å². The highest BCUT2D eigenvalue weighted by Crippen LogP contribution is 2.16. The lowest BCUT2D eigenvalue weighted by Gasteiger charge is -2.23. The van der Waals surface area contributed by atoms with Crippen LogP contribution >= 0.6 is 0 Å². The molecule has 28 heavy (non-hydrogen) atoms. The summed E-state index contributed by atoms with van der Waals surface area (Å²) in [5.74, 6) is -7.18. The summed E-state index contributed by atoms with van der Waals surface area (Å²) in [4.78, 5) is 47.9. The van der Waals surface area contributed by atoms with Gasteiger partial charge in [0.1, 0.15) is 17.7 Å². The molecule has 0 saturated heterocycles. The Morgan fingerprint density at radius 2 is 1.64 bits per heavy atom. The minimum atomic E-state index is -1.63. The second-order valence-electron chi connectivity index (χ2n) is 5.69. The standard InChI is InChI=1S/C18H22F2N2O6/c1-3-27-15(24)9-11(18(26)28-4-2)16(17(21)25)22-14(23)8-10-12(19)6-5-7-13(10)20/h5-7,11,16H,3-4,8-9H2,1-2H3,(H2,21,25)(H,22,23)/t11-,16-/m0/s1. The third kappa shape index (κ3) is 6.60. The number of nitrogens with one attached hydrogen (secondary N) is 1. The van der Waals surface area contributed by atoms with Gasteiger partial charge in [0.05, 0.1) is 32.0 Å². The second kappa shape index (κ2) is 11.0. The van der Waals surface area contributed by atoms with Gasteiger partial charge in [-0.2, -0.15) is 0 Å². The number of hydrogen-bond acceptors (Lipinski definition) is 6. The van der Waals surface area contributed by atoms with Gasteiger partial charge in [0, 0.05) is 5.56 Å². The van der Waals surface area contributed by atoms with Crippen LogP contribution in [0.4, 0.5) is 8.78 Å². The molecule has 1 aromatic rings. The van der Waals surface area contributed by atoms with Gasteiger partial charge in [0.25, 0.3) is 0 Å². The molecule has 2 amide bonds. The monoisotopic (exact) mass is 400 g/mol. The Kier molecular flexibility index (Phi) is 9.00. The summed E-state index contributed by atoms with van der Waals surface area (Å²) in [6.45, 7) is 3.05. The maximum absolute atomic E-state index is 13.7. The SMILES string of the molecule is CCOC(=O)C[C@H](C(=O)OCC)[C@H](NC(=O)Cc1c(F)cccc1F)C(N)=O. The third-order valence-electron chi connectivity index (χ3n) is 3.71. The first-order chi connectivity index (χ1) is 13.2. The van der Waals surface area contributed by atoms with Crippen LogP contribution in [-0.2, 0) is 35.1 Å². The molecule has 0 spiro atoms. The summed E-state index contributed by atoms with van der Waals surface area (Å²) in [6, 6.07) is 1.44. The summed E-state index contributed by atoms with van der Waals surface area (Å²) in [7, 11) is 0. The van der Waals surface area contributed by atoms with Crippen molar-refractivity contribution < 1.29 is 37.4 Å². The number of primary amides is 1. The van der Waals surface area contributed by atoms with Crippen LogP contribution in [-0.4, -0.2) is 43.0 Å². The number of nitrogens with two attached hydrogens (primary N) is 1.